The molecule has 3 nitrogen and oxygen atoms in total. The molecular formula is C10H20N2O. The summed E-state index contributed by atoms with van der Waals surface area (Å²) in [5.74, 6) is 0.831. The Hall–Kier alpha value is -0.570. The van der Waals surface area contributed by atoms with Crippen LogP contribution >= 0.6 is 0 Å². The van der Waals surface area contributed by atoms with E-state index in [9.17, 15) is 4.79 Å². The Morgan fingerprint density at radius 2 is 2.23 bits per heavy atom. The lowest BCUT2D eigenvalue weighted by Crippen LogP contribution is -2.49. The highest BCUT2D eigenvalue weighted by atomic mass is 16.1. The zero-order valence-electron chi connectivity index (χ0n) is 8.76. The minimum atomic E-state index is 0.0992. The fraction of sp³-hybridized carbons (Fsp3) is 0.900. The first-order valence-electron chi connectivity index (χ1n) is 5.12. The summed E-state index contributed by atoms with van der Waals surface area (Å²) < 4.78 is 0. The first-order chi connectivity index (χ1) is 6.11. The molecule has 0 aliphatic carbocycles. The molecule has 1 saturated heterocycles. The summed E-state index contributed by atoms with van der Waals surface area (Å²) in [5.41, 5.74) is 0. The first-order valence-corrected chi connectivity index (χ1v) is 5.12. The number of amides is 1. The number of carbonyl (C=O) groups excluding carboxylic acids is 1. The number of nitrogens with one attached hydrogen (secondary N) is 2. The van der Waals surface area contributed by atoms with E-state index >= 15 is 0 Å². The van der Waals surface area contributed by atoms with E-state index < -0.39 is 0 Å². The van der Waals surface area contributed by atoms with E-state index in [1.165, 1.54) is 0 Å². The van der Waals surface area contributed by atoms with Crippen LogP contribution in [0.4, 0.5) is 0 Å². The van der Waals surface area contributed by atoms with Crippen LogP contribution in [-0.4, -0.2) is 25.0 Å². The Morgan fingerprint density at radius 1 is 1.54 bits per heavy atom. The highest BCUT2D eigenvalue weighted by Crippen LogP contribution is 2.10. The number of piperidine rings is 1. The van der Waals surface area contributed by atoms with E-state index in [1.54, 1.807) is 0 Å². The summed E-state index contributed by atoms with van der Waals surface area (Å²) >= 11 is 0. The highest BCUT2D eigenvalue weighted by Gasteiger charge is 2.23. The van der Waals surface area contributed by atoms with Crippen LogP contribution in [0.2, 0.25) is 0 Å². The maximum Gasteiger partial charge on any atom is 0.222 e. The molecule has 0 aromatic carbocycles. The monoisotopic (exact) mass is 184 g/mol. The molecule has 0 aromatic rings. The summed E-state index contributed by atoms with van der Waals surface area (Å²) in [7, 11) is 0. The van der Waals surface area contributed by atoms with E-state index in [0.717, 1.165) is 19.5 Å². The minimum Gasteiger partial charge on any atom is -0.353 e. The summed E-state index contributed by atoms with van der Waals surface area (Å²) in [5, 5.41) is 6.40. The number of rotatable bonds is 2. The van der Waals surface area contributed by atoms with Gasteiger partial charge in [0.05, 0.1) is 0 Å². The third kappa shape index (κ3) is 2.99. The van der Waals surface area contributed by atoms with Crippen LogP contribution in [0, 0.1) is 11.8 Å². The molecule has 1 amide bonds. The van der Waals surface area contributed by atoms with Gasteiger partial charge < -0.3 is 10.6 Å². The van der Waals surface area contributed by atoms with E-state index in [1.807, 2.05) is 13.8 Å². The van der Waals surface area contributed by atoms with E-state index in [0.29, 0.717) is 12.0 Å². The SMILES string of the molecule is CC(C)C(=O)NC1CCNCC1C. The molecule has 0 spiro atoms. The van der Waals surface area contributed by atoms with E-state index in [4.69, 9.17) is 0 Å². The Bertz CT molecular complexity index is 180. The van der Waals surface area contributed by atoms with Crippen molar-refractivity contribution in [2.45, 2.75) is 33.2 Å². The fourth-order valence-electron chi connectivity index (χ4n) is 1.58. The van der Waals surface area contributed by atoms with Crippen molar-refractivity contribution in [3.63, 3.8) is 0 Å². The quantitative estimate of drug-likeness (QED) is 0.665. The predicted molar refractivity (Wildman–Crippen MR) is 53.4 cm³/mol. The average Bonchev–Trinajstić information content (AvgIpc) is 2.08. The topological polar surface area (TPSA) is 41.1 Å². The normalized spacial score (nSPS) is 28.9. The van der Waals surface area contributed by atoms with Crippen molar-refractivity contribution in [2.75, 3.05) is 13.1 Å². The van der Waals surface area contributed by atoms with E-state index in [2.05, 4.69) is 17.6 Å². The first kappa shape index (κ1) is 10.5. The Morgan fingerprint density at radius 3 is 2.77 bits per heavy atom. The zero-order chi connectivity index (χ0) is 9.84. The lowest BCUT2D eigenvalue weighted by Gasteiger charge is -2.30. The van der Waals surface area contributed by atoms with Crippen molar-refractivity contribution in [3.05, 3.63) is 0 Å². The molecule has 2 atom stereocenters. The third-order valence-electron chi connectivity index (χ3n) is 2.64. The van der Waals surface area contributed by atoms with Crippen molar-refractivity contribution < 1.29 is 4.79 Å². The van der Waals surface area contributed by atoms with Crippen molar-refractivity contribution >= 4 is 5.91 Å². The second-order valence-electron chi connectivity index (χ2n) is 4.24. The summed E-state index contributed by atoms with van der Waals surface area (Å²) in [4.78, 5) is 11.4. The van der Waals surface area contributed by atoms with Gasteiger partial charge in [-0.1, -0.05) is 20.8 Å². The lowest BCUT2D eigenvalue weighted by atomic mass is 9.95. The van der Waals surface area contributed by atoms with Crippen LogP contribution in [0.25, 0.3) is 0 Å². The van der Waals surface area contributed by atoms with Gasteiger partial charge in [-0.3, -0.25) is 4.79 Å². The van der Waals surface area contributed by atoms with Gasteiger partial charge in [0.15, 0.2) is 0 Å². The van der Waals surface area contributed by atoms with Gasteiger partial charge in [-0.2, -0.15) is 0 Å². The van der Waals surface area contributed by atoms with Crippen molar-refractivity contribution in [3.8, 4) is 0 Å². The van der Waals surface area contributed by atoms with Crippen LogP contribution in [0.15, 0.2) is 0 Å². The molecule has 76 valence electrons. The number of hydrogen-bond donors (Lipinski definition) is 2. The molecule has 0 aromatic heterocycles. The Labute approximate surface area is 80.3 Å². The van der Waals surface area contributed by atoms with Crippen LogP contribution in [0.5, 0.6) is 0 Å². The zero-order valence-corrected chi connectivity index (χ0v) is 8.76. The molecule has 0 saturated carbocycles. The van der Waals surface area contributed by atoms with Gasteiger partial charge in [-0.15, -0.1) is 0 Å². The Balaban J connectivity index is 2.38. The molecule has 1 aliphatic heterocycles. The summed E-state index contributed by atoms with van der Waals surface area (Å²) in [6.45, 7) is 8.08. The average molecular weight is 184 g/mol. The summed E-state index contributed by atoms with van der Waals surface area (Å²) in [6.07, 6.45) is 1.06. The molecule has 1 heterocycles. The van der Waals surface area contributed by atoms with Gasteiger partial charge in [0, 0.05) is 12.0 Å². The molecule has 2 unspecified atom stereocenters. The van der Waals surface area contributed by atoms with Crippen molar-refractivity contribution in [1.29, 1.82) is 0 Å². The molecule has 0 bridgehead atoms. The Kier molecular flexibility index (Phi) is 3.72. The molecule has 1 fully saturated rings. The standard InChI is InChI=1S/C10H20N2O/c1-7(2)10(13)12-9-4-5-11-6-8(9)3/h7-9,11H,4-6H2,1-3H3,(H,12,13). The molecule has 1 rings (SSSR count). The van der Waals surface area contributed by atoms with Crippen LogP contribution < -0.4 is 10.6 Å². The van der Waals surface area contributed by atoms with Gasteiger partial charge in [0.1, 0.15) is 0 Å². The van der Waals surface area contributed by atoms with Gasteiger partial charge in [-0.25, -0.2) is 0 Å². The predicted octanol–water partition coefficient (Wildman–Crippen LogP) is 0.757. The second-order valence-corrected chi connectivity index (χ2v) is 4.24. The van der Waals surface area contributed by atoms with Gasteiger partial charge in [0.2, 0.25) is 5.91 Å². The van der Waals surface area contributed by atoms with E-state index in [-0.39, 0.29) is 11.8 Å². The maximum absolute atomic E-state index is 11.4. The molecule has 1 aliphatic rings. The second kappa shape index (κ2) is 4.61. The van der Waals surface area contributed by atoms with Gasteiger partial charge in [-0.05, 0) is 25.4 Å². The van der Waals surface area contributed by atoms with Crippen LogP contribution in [-0.2, 0) is 4.79 Å². The molecule has 3 heteroatoms. The largest absolute Gasteiger partial charge is 0.353 e. The van der Waals surface area contributed by atoms with Crippen molar-refractivity contribution in [2.24, 2.45) is 11.8 Å². The fourth-order valence-corrected chi connectivity index (χ4v) is 1.58. The third-order valence-corrected chi connectivity index (χ3v) is 2.64. The summed E-state index contributed by atoms with van der Waals surface area (Å²) in [6, 6.07) is 0.371. The van der Waals surface area contributed by atoms with Crippen LogP contribution in [0.3, 0.4) is 0 Å². The van der Waals surface area contributed by atoms with Gasteiger partial charge in [0.25, 0.3) is 0 Å². The highest BCUT2D eigenvalue weighted by molar-refractivity contribution is 5.78. The number of carbonyl (C=O) groups is 1. The lowest BCUT2D eigenvalue weighted by molar-refractivity contribution is -0.125. The molecule has 2 N–H and O–H groups in total. The number of hydrogen-bond acceptors (Lipinski definition) is 2. The smallest absolute Gasteiger partial charge is 0.222 e. The van der Waals surface area contributed by atoms with Crippen LogP contribution in [0.1, 0.15) is 27.2 Å². The molecule has 0 radical (unpaired) electrons. The van der Waals surface area contributed by atoms with Crippen molar-refractivity contribution in [1.82, 2.24) is 10.6 Å². The van der Waals surface area contributed by atoms with Gasteiger partial charge >= 0.3 is 0 Å². The molecule has 13 heavy (non-hydrogen) atoms. The molecular weight excluding hydrogens is 164 g/mol. The maximum atomic E-state index is 11.4. The minimum absolute atomic E-state index is 0.0992.